The van der Waals surface area contributed by atoms with Gasteiger partial charge in [-0.25, -0.2) is 19.1 Å². The molecule has 1 atom stereocenters. The van der Waals surface area contributed by atoms with Crippen molar-refractivity contribution in [3.8, 4) is 16.5 Å². The van der Waals surface area contributed by atoms with Gasteiger partial charge in [0.25, 0.3) is 5.56 Å². The summed E-state index contributed by atoms with van der Waals surface area (Å²) >= 11 is 1.24. The zero-order valence-corrected chi connectivity index (χ0v) is 27.0. The van der Waals surface area contributed by atoms with Gasteiger partial charge in [-0.1, -0.05) is 18.2 Å². The zero-order valence-electron chi connectivity index (χ0n) is 26.2. The van der Waals surface area contributed by atoms with Crippen LogP contribution in [0.25, 0.3) is 21.0 Å². The van der Waals surface area contributed by atoms with E-state index in [-0.39, 0.29) is 12.6 Å². The van der Waals surface area contributed by atoms with Crippen molar-refractivity contribution in [2.24, 2.45) is 0 Å². The molecular weight excluding hydrogens is 586 g/mol. The van der Waals surface area contributed by atoms with E-state index < -0.39 is 34.5 Å². The van der Waals surface area contributed by atoms with E-state index in [0.29, 0.717) is 58.4 Å². The van der Waals surface area contributed by atoms with Gasteiger partial charge >= 0.3 is 11.7 Å². The van der Waals surface area contributed by atoms with Gasteiger partial charge in [-0.2, -0.15) is 0 Å². The maximum atomic E-state index is 14.5. The van der Waals surface area contributed by atoms with Crippen molar-refractivity contribution >= 4 is 27.5 Å². The molecule has 1 aliphatic heterocycles. The number of aryl methyl sites for hydroxylation is 1. The number of benzene rings is 1. The number of thiophene rings is 1. The molecule has 11 nitrogen and oxygen atoms in total. The van der Waals surface area contributed by atoms with Crippen molar-refractivity contribution < 1.29 is 28.2 Å². The van der Waals surface area contributed by atoms with Gasteiger partial charge in [-0.05, 0) is 66.0 Å². The molecule has 1 fully saturated rings. The quantitative estimate of drug-likeness (QED) is 0.231. The fourth-order valence-electron chi connectivity index (χ4n) is 5.39. The van der Waals surface area contributed by atoms with Crippen molar-refractivity contribution in [2.45, 2.75) is 84.3 Å². The van der Waals surface area contributed by atoms with Crippen LogP contribution in [0.15, 0.2) is 50.7 Å². The molecular formula is C32H39N3O8S. The highest BCUT2D eigenvalue weighted by molar-refractivity contribution is 7.22. The monoisotopic (exact) mass is 625 g/mol. The van der Waals surface area contributed by atoms with Crippen LogP contribution in [0.3, 0.4) is 0 Å². The summed E-state index contributed by atoms with van der Waals surface area (Å²) in [6, 6.07) is 7.51. The summed E-state index contributed by atoms with van der Waals surface area (Å²) in [6.45, 7) is 11.2. The molecule has 5 rings (SSSR count). The Hall–Kier alpha value is -3.74. The van der Waals surface area contributed by atoms with Crippen LogP contribution in [0.2, 0.25) is 0 Å². The minimum Gasteiger partial charge on any atom is -0.496 e. The van der Waals surface area contributed by atoms with Crippen LogP contribution >= 0.6 is 11.3 Å². The highest BCUT2D eigenvalue weighted by Crippen LogP contribution is 2.38. The van der Waals surface area contributed by atoms with Gasteiger partial charge < -0.3 is 23.4 Å². The number of esters is 1. The van der Waals surface area contributed by atoms with Crippen LogP contribution in [-0.2, 0) is 31.1 Å². The first kappa shape index (κ1) is 31.7. The van der Waals surface area contributed by atoms with Gasteiger partial charge in [0.15, 0.2) is 0 Å². The molecule has 0 amide bonds. The Balaban J connectivity index is 1.75. The summed E-state index contributed by atoms with van der Waals surface area (Å²) in [6.07, 6.45) is 3.65. The predicted molar refractivity (Wildman–Crippen MR) is 166 cm³/mol. The fraction of sp³-hybridized carbons (Fsp3) is 0.500. The smallest absolute Gasteiger partial charge is 0.333 e. The molecule has 3 aromatic heterocycles. The van der Waals surface area contributed by atoms with Crippen molar-refractivity contribution in [2.75, 3.05) is 20.3 Å². The third-order valence-corrected chi connectivity index (χ3v) is 8.96. The van der Waals surface area contributed by atoms with Gasteiger partial charge in [0.05, 0.1) is 36.2 Å². The second-order valence-electron chi connectivity index (χ2n) is 12.3. The first-order valence-corrected chi connectivity index (χ1v) is 15.4. The number of hydrogen-bond acceptors (Lipinski definition) is 10. The third kappa shape index (κ3) is 6.11. The van der Waals surface area contributed by atoms with Gasteiger partial charge in [0.2, 0.25) is 5.89 Å². The Morgan fingerprint density at radius 1 is 1.14 bits per heavy atom. The SMILES string of the molecule is COc1ccccc1[C@H](Cn1c(=O)n(C(C)(C)C(=O)OC(C)(C)C)c(=O)c2c(C)c(-c3ncco3)sc21)OC1CCOCC1. The number of carbonyl (C=O) groups is 1. The van der Waals surface area contributed by atoms with Gasteiger partial charge in [-0.15, -0.1) is 11.3 Å². The first-order chi connectivity index (χ1) is 20.8. The lowest BCUT2D eigenvalue weighted by Crippen LogP contribution is -2.54. The molecule has 236 valence electrons. The molecule has 44 heavy (non-hydrogen) atoms. The highest BCUT2D eigenvalue weighted by atomic mass is 32.1. The second kappa shape index (κ2) is 12.3. The third-order valence-electron chi connectivity index (χ3n) is 7.66. The number of hydrogen-bond donors (Lipinski definition) is 0. The van der Waals surface area contributed by atoms with E-state index in [9.17, 15) is 14.4 Å². The molecule has 0 saturated carbocycles. The number of rotatable bonds is 9. The molecule has 0 bridgehead atoms. The van der Waals surface area contributed by atoms with Gasteiger partial charge in [0.1, 0.15) is 34.1 Å². The summed E-state index contributed by atoms with van der Waals surface area (Å²) in [7, 11) is 1.59. The zero-order chi connectivity index (χ0) is 31.8. The molecule has 4 heterocycles. The van der Waals surface area contributed by atoms with Gasteiger partial charge in [-0.3, -0.25) is 9.36 Å². The fourth-order valence-corrected chi connectivity index (χ4v) is 6.63. The minimum absolute atomic E-state index is 0.0444. The lowest BCUT2D eigenvalue weighted by atomic mass is 10.0. The Morgan fingerprint density at radius 3 is 2.48 bits per heavy atom. The molecule has 4 aromatic rings. The van der Waals surface area contributed by atoms with Crippen LogP contribution in [0.1, 0.15) is 64.7 Å². The standard InChI is InChI=1S/C32H39N3O8S/c1-19-24-27(36)35(32(5,6)29(37)43-31(2,3)4)30(38)34(28(24)44-25(19)26-33-14-17-41-26)18-23(42-20-12-15-40-16-13-20)21-10-8-9-11-22(21)39-7/h8-11,14,17,20,23H,12-13,15-16,18H2,1-7H3/t23-/m0/s1. The van der Waals surface area contributed by atoms with E-state index in [0.717, 1.165) is 10.1 Å². The number of nitrogens with zero attached hydrogens (tertiary/aromatic N) is 3. The van der Waals surface area contributed by atoms with Crippen LogP contribution in [-0.4, -0.2) is 52.1 Å². The molecule has 0 radical (unpaired) electrons. The van der Waals surface area contributed by atoms with Crippen LogP contribution < -0.4 is 16.0 Å². The number of aromatic nitrogens is 3. The topological polar surface area (TPSA) is 124 Å². The van der Waals surface area contributed by atoms with E-state index in [1.54, 1.807) is 34.8 Å². The lowest BCUT2D eigenvalue weighted by Gasteiger charge is -2.31. The molecule has 12 heteroatoms. The average molecular weight is 626 g/mol. The van der Waals surface area contributed by atoms with E-state index >= 15 is 0 Å². The molecule has 0 unspecified atom stereocenters. The van der Waals surface area contributed by atoms with E-state index in [2.05, 4.69) is 4.98 Å². The minimum atomic E-state index is -1.63. The maximum absolute atomic E-state index is 14.5. The van der Waals surface area contributed by atoms with Crippen LogP contribution in [0.5, 0.6) is 5.75 Å². The molecule has 0 N–H and O–H groups in total. The van der Waals surface area contributed by atoms with E-state index in [1.807, 2.05) is 24.3 Å². The summed E-state index contributed by atoms with van der Waals surface area (Å²) in [5.41, 5.74) is -2.36. The van der Waals surface area contributed by atoms with E-state index in [1.165, 1.54) is 42.2 Å². The summed E-state index contributed by atoms with van der Waals surface area (Å²) in [4.78, 5) is 47.6. The van der Waals surface area contributed by atoms with Crippen molar-refractivity contribution in [1.29, 1.82) is 0 Å². The number of fused-ring (bicyclic) bond motifs is 1. The second-order valence-corrected chi connectivity index (χ2v) is 13.3. The first-order valence-electron chi connectivity index (χ1n) is 14.6. The summed E-state index contributed by atoms with van der Waals surface area (Å²) < 4.78 is 31.7. The Bertz CT molecular complexity index is 1750. The average Bonchev–Trinajstić information content (AvgIpc) is 3.62. The summed E-state index contributed by atoms with van der Waals surface area (Å²) in [5, 5.41) is 0.296. The largest absolute Gasteiger partial charge is 0.496 e. The van der Waals surface area contributed by atoms with Gasteiger partial charge in [0, 0.05) is 18.8 Å². The molecule has 1 aliphatic rings. The van der Waals surface area contributed by atoms with Crippen molar-refractivity contribution in [1.82, 2.24) is 14.1 Å². The predicted octanol–water partition coefficient (Wildman–Crippen LogP) is 5.21. The van der Waals surface area contributed by atoms with Crippen molar-refractivity contribution in [3.63, 3.8) is 0 Å². The highest BCUT2D eigenvalue weighted by Gasteiger charge is 2.39. The number of carbonyl (C=O) groups excluding carboxylic acids is 1. The van der Waals surface area contributed by atoms with Crippen molar-refractivity contribution in [3.05, 3.63) is 68.7 Å². The van der Waals surface area contributed by atoms with Crippen LogP contribution in [0.4, 0.5) is 0 Å². The molecule has 0 aliphatic carbocycles. The Labute approximate surface area is 259 Å². The molecule has 0 spiro atoms. The molecule has 1 saturated heterocycles. The number of ether oxygens (including phenoxy) is 4. The normalized spacial score (nSPS) is 15.4. The Morgan fingerprint density at radius 2 is 1.84 bits per heavy atom. The number of para-hydroxylation sites is 1. The Kier molecular flexibility index (Phi) is 8.88. The number of methoxy groups -OCH3 is 1. The molecule has 1 aromatic carbocycles. The number of oxazole rings is 1. The van der Waals surface area contributed by atoms with Crippen LogP contribution in [0, 0.1) is 6.92 Å². The lowest BCUT2D eigenvalue weighted by molar-refractivity contribution is -0.164. The maximum Gasteiger partial charge on any atom is 0.333 e. The summed E-state index contributed by atoms with van der Waals surface area (Å²) in [5.74, 6) is 0.245. The van der Waals surface area contributed by atoms with E-state index in [4.69, 9.17) is 23.4 Å².